The van der Waals surface area contributed by atoms with Crippen LogP contribution in [0.5, 0.6) is 0 Å². The number of aryl methyl sites for hydroxylation is 3. The molecule has 2 aromatic rings. The standard InChI is InChI=1S/C17H25N3/c1-6-7-18-17(16-11-19-20(5)14(16)4)15-9-12(2)8-13(3)10-15/h8-11,17-18H,6-7H2,1-5H3. The van der Waals surface area contributed by atoms with Crippen LogP contribution in [-0.4, -0.2) is 16.3 Å². The number of hydrogen-bond donors (Lipinski definition) is 1. The van der Waals surface area contributed by atoms with Gasteiger partial charge < -0.3 is 5.32 Å². The summed E-state index contributed by atoms with van der Waals surface area (Å²) in [6.07, 6.45) is 3.11. The average Bonchev–Trinajstić information content (AvgIpc) is 2.70. The molecule has 0 fully saturated rings. The number of nitrogens with one attached hydrogen (secondary N) is 1. The highest BCUT2D eigenvalue weighted by atomic mass is 15.3. The lowest BCUT2D eigenvalue weighted by Crippen LogP contribution is -2.24. The van der Waals surface area contributed by atoms with E-state index in [-0.39, 0.29) is 6.04 Å². The Kier molecular flexibility index (Phi) is 4.61. The number of nitrogens with zero attached hydrogens (tertiary/aromatic N) is 2. The maximum Gasteiger partial charge on any atom is 0.0610 e. The summed E-state index contributed by atoms with van der Waals surface area (Å²) in [5.74, 6) is 0. The molecule has 0 amide bonds. The molecule has 0 radical (unpaired) electrons. The number of benzene rings is 1. The first-order valence-electron chi connectivity index (χ1n) is 7.33. The highest BCUT2D eigenvalue weighted by Gasteiger charge is 2.18. The van der Waals surface area contributed by atoms with E-state index in [1.807, 2.05) is 17.9 Å². The Balaban J connectivity index is 2.44. The molecular formula is C17H25N3. The molecule has 0 aliphatic carbocycles. The second kappa shape index (κ2) is 6.23. The van der Waals surface area contributed by atoms with Crippen LogP contribution >= 0.6 is 0 Å². The van der Waals surface area contributed by atoms with Crippen molar-refractivity contribution in [2.75, 3.05) is 6.54 Å². The van der Waals surface area contributed by atoms with Gasteiger partial charge in [0.1, 0.15) is 0 Å². The normalized spacial score (nSPS) is 12.7. The van der Waals surface area contributed by atoms with Gasteiger partial charge in [0, 0.05) is 18.3 Å². The molecule has 0 aliphatic heterocycles. The largest absolute Gasteiger partial charge is 0.306 e. The summed E-state index contributed by atoms with van der Waals surface area (Å²) in [5, 5.41) is 8.05. The van der Waals surface area contributed by atoms with E-state index in [1.54, 1.807) is 0 Å². The lowest BCUT2D eigenvalue weighted by atomic mass is 9.96. The molecule has 1 aromatic heterocycles. The maximum atomic E-state index is 4.39. The van der Waals surface area contributed by atoms with Crippen LogP contribution in [0.3, 0.4) is 0 Å². The van der Waals surface area contributed by atoms with Gasteiger partial charge in [-0.25, -0.2) is 0 Å². The molecule has 0 saturated carbocycles. The fourth-order valence-corrected chi connectivity index (χ4v) is 2.67. The van der Waals surface area contributed by atoms with E-state index in [2.05, 4.69) is 56.3 Å². The van der Waals surface area contributed by atoms with Gasteiger partial charge in [-0.1, -0.05) is 36.2 Å². The molecule has 0 bridgehead atoms. The monoisotopic (exact) mass is 271 g/mol. The van der Waals surface area contributed by atoms with Crippen molar-refractivity contribution < 1.29 is 0 Å². The van der Waals surface area contributed by atoms with Crippen LogP contribution in [0.4, 0.5) is 0 Å². The summed E-state index contributed by atoms with van der Waals surface area (Å²) >= 11 is 0. The van der Waals surface area contributed by atoms with Crippen molar-refractivity contribution in [2.45, 2.75) is 40.2 Å². The quantitative estimate of drug-likeness (QED) is 0.903. The summed E-state index contributed by atoms with van der Waals surface area (Å²) in [4.78, 5) is 0. The third-order valence-corrected chi connectivity index (χ3v) is 3.76. The highest BCUT2D eigenvalue weighted by molar-refractivity contribution is 5.37. The van der Waals surface area contributed by atoms with Crippen molar-refractivity contribution in [2.24, 2.45) is 7.05 Å². The Morgan fingerprint density at radius 3 is 2.30 bits per heavy atom. The second-order valence-corrected chi connectivity index (χ2v) is 5.62. The van der Waals surface area contributed by atoms with Crippen molar-refractivity contribution >= 4 is 0 Å². The van der Waals surface area contributed by atoms with Crippen LogP contribution in [0.1, 0.15) is 47.3 Å². The lowest BCUT2D eigenvalue weighted by Gasteiger charge is -2.20. The van der Waals surface area contributed by atoms with Crippen LogP contribution in [0.2, 0.25) is 0 Å². The molecule has 1 unspecified atom stereocenters. The first-order chi connectivity index (χ1) is 9.52. The maximum absolute atomic E-state index is 4.39. The van der Waals surface area contributed by atoms with Crippen molar-refractivity contribution in [1.29, 1.82) is 0 Å². The molecule has 20 heavy (non-hydrogen) atoms. The van der Waals surface area contributed by atoms with E-state index in [0.717, 1.165) is 13.0 Å². The molecule has 1 heterocycles. The number of rotatable bonds is 5. The van der Waals surface area contributed by atoms with Gasteiger partial charge in [-0.2, -0.15) is 5.10 Å². The molecule has 1 atom stereocenters. The zero-order valence-corrected chi connectivity index (χ0v) is 13.2. The number of aromatic nitrogens is 2. The summed E-state index contributed by atoms with van der Waals surface area (Å²) in [6, 6.07) is 6.98. The predicted molar refractivity (Wildman–Crippen MR) is 84.0 cm³/mol. The fourth-order valence-electron chi connectivity index (χ4n) is 2.67. The van der Waals surface area contributed by atoms with Crippen molar-refractivity contribution in [3.05, 3.63) is 52.3 Å². The minimum absolute atomic E-state index is 0.224. The van der Waals surface area contributed by atoms with Gasteiger partial charge in [0.15, 0.2) is 0 Å². The molecule has 108 valence electrons. The van der Waals surface area contributed by atoms with Crippen molar-refractivity contribution in [3.8, 4) is 0 Å². The van der Waals surface area contributed by atoms with Gasteiger partial charge in [0.2, 0.25) is 0 Å². The summed E-state index contributed by atoms with van der Waals surface area (Å²) < 4.78 is 1.94. The molecule has 3 nitrogen and oxygen atoms in total. The van der Waals surface area contributed by atoms with Gasteiger partial charge in [-0.3, -0.25) is 4.68 Å². The van der Waals surface area contributed by atoms with Gasteiger partial charge >= 0.3 is 0 Å². The van der Waals surface area contributed by atoms with Gasteiger partial charge in [0.05, 0.1) is 12.2 Å². The van der Waals surface area contributed by atoms with Gasteiger partial charge in [-0.15, -0.1) is 0 Å². The van der Waals surface area contributed by atoms with E-state index in [0.29, 0.717) is 0 Å². The number of hydrogen-bond acceptors (Lipinski definition) is 2. The van der Waals surface area contributed by atoms with Crippen LogP contribution < -0.4 is 5.32 Å². The zero-order valence-electron chi connectivity index (χ0n) is 13.2. The molecule has 0 saturated heterocycles. The Morgan fingerprint density at radius 1 is 1.15 bits per heavy atom. The second-order valence-electron chi connectivity index (χ2n) is 5.62. The predicted octanol–water partition coefficient (Wildman–Crippen LogP) is 3.43. The zero-order chi connectivity index (χ0) is 14.7. The molecule has 3 heteroatoms. The minimum atomic E-state index is 0.224. The van der Waals surface area contributed by atoms with E-state index in [1.165, 1.54) is 27.9 Å². The molecule has 2 rings (SSSR count). The van der Waals surface area contributed by atoms with Gasteiger partial charge in [0.25, 0.3) is 0 Å². The third-order valence-electron chi connectivity index (χ3n) is 3.76. The van der Waals surface area contributed by atoms with Crippen molar-refractivity contribution in [1.82, 2.24) is 15.1 Å². The van der Waals surface area contributed by atoms with Crippen LogP contribution in [0.25, 0.3) is 0 Å². The van der Waals surface area contributed by atoms with Crippen LogP contribution in [0.15, 0.2) is 24.4 Å². The Labute approximate surface area is 122 Å². The summed E-state index contributed by atoms with van der Waals surface area (Å²) in [7, 11) is 2.00. The average molecular weight is 271 g/mol. The highest BCUT2D eigenvalue weighted by Crippen LogP contribution is 2.26. The van der Waals surface area contributed by atoms with Crippen molar-refractivity contribution in [3.63, 3.8) is 0 Å². The van der Waals surface area contributed by atoms with Crippen LogP contribution in [0, 0.1) is 20.8 Å². The first-order valence-corrected chi connectivity index (χ1v) is 7.33. The smallest absolute Gasteiger partial charge is 0.0610 e. The summed E-state index contributed by atoms with van der Waals surface area (Å²) in [6.45, 7) is 9.65. The third kappa shape index (κ3) is 3.10. The molecule has 0 spiro atoms. The Bertz CT molecular complexity index is 564. The van der Waals surface area contributed by atoms with E-state index in [9.17, 15) is 0 Å². The van der Waals surface area contributed by atoms with E-state index < -0.39 is 0 Å². The first kappa shape index (κ1) is 14.8. The minimum Gasteiger partial charge on any atom is -0.306 e. The van der Waals surface area contributed by atoms with E-state index >= 15 is 0 Å². The molecule has 1 N–H and O–H groups in total. The Morgan fingerprint density at radius 2 is 1.80 bits per heavy atom. The molecule has 0 aliphatic rings. The molecular weight excluding hydrogens is 246 g/mol. The SMILES string of the molecule is CCCNC(c1cc(C)cc(C)c1)c1cnn(C)c1C. The molecule has 1 aromatic carbocycles. The van der Waals surface area contributed by atoms with Gasteiger partial charge in [-0.05, 0) is 39.3 Å². The van der Waals surface area contributed by atoms with Crippen LogP contribution in [-0.2, 0) is 7.05 Å². The Hall–Kier alpha value is -1.61. The lowest BCUT2D eigenvalue weighted by molar-refractivity contribution is 0.594. The topological polar surface area (TPSA) is 29.9 Å². The van der Waals surface area contributed by atoms with E-state index in [4.69, 9.17) is 0 Å². The fraction of sp³-hybridized carbons (Fsp3) is 0.471. The summed E-state index contributed by atoms with van der Waals surface area (Å²) in [5.41, 5.74) is 6.44.